The lowest BCUT2D eigenvalue weighted by Crippen LogP contribution is -2.47. The van der Waals surface area contributed by atoms with Gasteiger partial charge in [0.15, 0.2) is 0 Å². The van der Waals surface area contributed by atoms with Crippen molar-refractivity contribution in [2.45, 2.75) is 25.8 Å². The van der Waals surface area contributed by atoms with Gasteiger partial charge in [0.05, 0.1) is 17.0 Å². The maximum atomic E-state index is 13.3. The fourth-order valence-electron chi connectivity index (χ4n) is 3.31. The molecule has 2 atom stereocenters. The molecule has 2 aromatic rings. The van der Waals surface area contributed by atoms with Crippen molar-refractivity contribution >= 4 is 28.6 Å². The van der Waals surface area contributed by atoms with Crippen LogP contribution in [0.5, 0.6) is 0 Å². The summed E-state index contributed by atoms with van der Waals surface area (Å²) in [6.45, 7) is 2.23. The molecule has 2 unspecified atom stereocenters. The molecular formula is C19H23N3O3. The molecule has 1 aromatic carbocycles. The Balaban J connectivity index is 2.05. The second kappa shape index (κ2) is 6.70. The van der Waals surface area contributed by atoms with Crippen LogP contribution in [-0.2, 0) is 4.79 Å². The monoisotopic (exact) mass is 341 g/mol. The number of piperidine rings is 1. The molecule has 0 radical (unpaired) electrons. The molecule has 2 heterocycles. The van der Waals surface area contributed by atoms with Crippen LogP contribution in [0.2, 0.25) is 0 Å². The Morgan fingerprint density at radius 1 is 1.24 bits per heavy atom. The summed E-state index contributed by atoms with van der Waals surface area (Å²) >= 11 is 0. The van der Waals surface area contributed by atoms with Gasteiger partial charge in [0, 0.05) is 32.1 Å². The van der Waals surface area contributed by atoms with Gasteiger partial charge in [0.25, 0.3) is 5.91 Å². The Bertz CT molecular complexity index is 819. The van der Waals surface area contributed by atoms with Crippen LogP contribution in [0.4, 0.5) is 5.82 Å². The molecular weight excluding hydrogens is 318 g/mol. The van der Waals surface area contributed by atoms with E-state index in [4.69, 9.17) is 0 Å². The molecule has 1 aromatic heterocycles. The number of pyridine rings is 1. The molecule has 3 rings (SSSR count). The molecule has 1 aliphatic rings. The summed E-state index contributed by atoms with van der Waals surface area (Å²) in [5.41, 5.74) is 1.34. The van der Waals surface area contributed by atoms with Crippen molar-refractivity contribution in [2.75, 3.05) is 25.5 Å². The van der Waals surface area contributed by atoms with Gasteiger partial charge in [-0.2, -0.15) is 0 Å². The molecule has 6 heteroatoms. The lowest BCUT2D eigenvalue weighted by atomic mass is 9.92. The lowest BCUT2D eigenvalue weighted by molar-refractivity contribution is -0.143. The van der Waals surface area contributed by atoms with Crippen LogP contribution in [0, 0.1) is 5.92 Å². The second-order valence-electron chi connectivity index (χ2n) is 6.86. The van der Waals surface area contributed by atoms with Crippen LogP contribution < -0.4 is 4.90 Å². The maximum Gasteiger partial charge on any atom is 0.308 e. The van der Waals surface area contributed by atoms with E-state index in [0.29, 0.717) is 24.2 Å². The van der Waals surface area contributed by atoms with Crippen LogP contribution in [0.15, 0.2) is 30.3 Å². The van der Waals surface area contributed by atoms with E-state index in [1.54, 1.807) is 11.0 Å². The standard InChI is InChI=1S/C19H23N3O3/c1-12-8-9-13(19(24)25)11-22(12)18(23)15-10-17(21(2)3)20-16-7-5-4-6-14(15)16/h4-7,10,12-13H,8-9,11H2,1-3H3,(H,24,25). The number of para-hydroxylation sites is 1. The predicted octanol–water partition coefficient (Wildman–Crippen LogP) is 2.63. The van der Waals surface area contributed by atoms with Gasteiger partial charge < -0.3 is 14.9 Å². The van der Waals surface area contributed by atoms with Crippen molar-refractivity contribution < 1.29 is 14.7 Å². The van der Waals surface area contributed by atoms with Crippen molar-refractivity contribution in [2.24, 2.45) is 5.92 Å². The lowest BCUT2D eigenvalue weighted by Gasteiger charge is -2.36. The molecule has 1 aliphatic heterocycles. The first-order valence-corrected chi connectivity index (χ1v) is 8.49. The number of aliphatic carboxylic acids is 1. The number of carboxylic acids is 1. The van der Waals surface area contributed by atoms with E-state index in [0.717, 1.165) is 10.9 Å². The van der Waals surface area contributed by atoms with Gasteiger partial charge in [0.2, 0.25) is 0 Å². The molecule has 1 fully saturated rings. The number of hydrogen-bond acceptors (Lipinski definition) is 4. The molecule has 1 N–H and O–H groups in total. The normalized spacial score (nSPS) is 20.5. The summed E-state index contributed by atoms with van der Waals surface area (Å²) in [6.07, 6.45) is 1.31. The number of carbonyl (C=O) groups is 2. The van der Waals surface area contributed by atoms with E-state index in [9.17, 15) is 14.7 Å². The second-order valence-corrected chi connectivity index (χ2v) is 6.86. The number of anilines is 1. The van der Waals surface area contributed by atoms with Crippen LogP contribution >= 0.6 is 0 Å². The average Bonchev–Trinajstić information content (AvgIpc) is 2.60. The van der Waals surface area contributed by atoms with E-state index in [1.165, 1.54) is 0 Å². The number of likely N-dealkylation sites (tertiary alicyclic amines) is 1. The molecule has 0 spiro atoms. The third-order valence-corrected chi connectivity index (χ3v) is 4.88. The van der Waals surface area contributed by atoms with Gasteiger partial charge in [-0.1, -0.05) is 18.2 Å². The summed E-state index contributed by atoms with van der Waals surface area (Å²) in [4.78, 5) is 32.8. The van der Waals surface area contributed by atoms with Gasteiger partial charge in [-0.05, 0) is 31.9 Å². The Labute approximate surface area is 147 Å². The van der Waals surface area contributed by atoms with Gasteiger partial charge >= 0.3 is 5.97 Å². The molecule has 0 saturated carbocycles. The Kier molecular flexibility index (Phi) is 4.61. The highest BCUT2D eigenvalue weighted by Gasteiger charge is 2.33. The van der Waals surface area contributed by atoms with Crippen molar-refractivity contribution in [1.29, 1.82) is 0 Å². The molecule has 0 bridgehead atoms. The molecule has 0 aliphatic carbocycles. The molecule has 25 heavy (non-hydrogen) atoms. The molecule has 1 saturated heterocycles. The van der Waals surface area contributed by atoms with Crippen LogP contribution in [-0.4, -0.2) is 53.5 Å². The van der Waals surface area contributed by atoms with Gasteiger partial charge in [0.1, 0.15) is 5.82 Å². The third-order valence-electron chi connectivity index (χ3n) is 4.88. The van der Waals surface area contributed by atoms with Crippen LogP contribution in [0.3, 0.4) is 0 Å². The highest BCUT2D eigenvalue weighted by molar-refractivity contribution is 6.07. The maximum absolute atomic E-state index is 13.3. The zero-order valence-corrected chi connectivity index (χ0v) is 14.8. The SMILES string of the molecule is CC1CCC(C(=O)O)CN1C(=O)c1cc(N(C)C)nc2ccccc12. The van der Waals surface area contributed by atoms with Crippen molar-refractivity contribution in [1.82, 2.24) is 9.88 Å². The summed E-state index contributed by atoms with van der Waals surface area (Å²) in [6, 6.07) is 9.37. The van der Waals surface area contributed by atoms with Gasteiger partial charge in [-0.25, -0.2) is 4.98 Å². The zero-order valence-electron chi connectivity index (χ0n) is 14.8. The number of amides is 1. The van der Waals surface area contributed by atoms with Gasteiger partial charge in [-0.3, -0.25) is 9.59 Å². The number of rotatable bonds is 3. The fraction of sp³-hybridized carbons (Fsp3) is 0.421. The summed E-state index contributed by atoms with van der Waals surface area (Å²) in [7, 11) is 3.77. The van der Waals surface area contributed by atoms with Crippen LogP contribution in [0.25, 0.3) is 10.9 Å². The molecule has 132 valence electrons. The Hall–Kier alpha value is -2.63. The number of fused-ring (bicyclic) bond motifs is 1. The number of nitrogens with zero attached hydrogens (tertiary/aromatic N) is 3. The predicted molar refractivity (Wildman–Crippen MR) is 96.9 cm³/mol. The van der Waals surface area contributed by atoms with E-state index >= 15 is 0 Å². The molecule has 6 nitrogen and oxygen atoms in total. The van der Waals surface area contributed by atoms with Crippen molar-refractivity contribution in [3.8, 4) is 0 Å². The molecule has 1 amide bonds. The van der Waals surface area contributed by atoms with E-state index in [-0.39, 0.29) is 18.5 Å². The number of carboxylic acid groups (broad SMARTS) is 1. The first-order chi connectivity index (χ1) is 11.9. The highest BCUT2D eigenvalue weighted by atomic mass is 16.4. The van der Waals surface area contributed by atoms with Crippen LogP contribution in [0.1, 0.15) is 30.1 Å². The van der Waals surface area contributed by atoms with E-state index in [2.05, 4.69) is 4.98 Å². The van der Waals surface area contributed by atoms with E-state index < -0.39 is 11.9 Å². The smallest absolute Gasteiger partial charge is 0.308 e. The highest BCUT2D eigenvalue weighted by Crippen LogP contribution is 2.28. The Morgan fingerprint density at radius 2 is 1.96 bits per heavy atom. The van der Waals surface area contributed by atoms with Gasteiger partial charge in [-0.15, -0.1) is 0 Å². The minimum atomic E-state index is -0.835. The quantitative estimate of drug-likeness (QED) is 0.929. The average molecular weight is 341 g/mol. The summed E-state index contributed by atoms with van der Waals surface area (Å²) in [5, 5.41) is 10.1. The number of aromatic nitrogens is 1. The minimum Gasteiger partial charge on any atom is -0.481 e. The summed E-state index contributed by atoms with van der Waals surface area (Å²) < 4.78 is 0. The number of carbonyl (C=O) groups excluding carboxylic acids is 1. The topological polar surface area (TPSA) is 73.7 Å². The Morgan fingerprint density at radius 3 is 2.64 bits per heavy atom. The first kappa shape index (κ1) is 17.2. The number of hydrogen-bond donors (Lipinski definition) is 1. The summed E-state index contributed by atoms with van der Waals surface area (Å²) in [5.74, 6) is -0.749. The largest absolute Gasteiger partial charge is 0.481 e. The zero-order chi connectivity index (χ0) is 18.1. The first-order valence-electron chi connectivity index (χ1n) is 8.49. The van der Waals surface area contributed by atoms with Crippen molar-refractivity contribution in [3.05, 3.63) is 35.9 Å². The van der Waals surface area contributed by atoms with Crippen molar-refractivity contribution in [3.63, 3.8) is 0 Å². The minimum absolute atomic E-state index is 0.0258. The third kappa shape index (κ3) is 3.29. The fourth-order valence-corrected chi connectivity index (χ4v) is 3.31. The number of benzene rings is 1. The van der Waals surface area contributed by atoms with E-state index in [1.807, 2.05) is 50.2 Å².